The first kappa shape index (κ1) is 18.3. The lowest BCUT2D eigenvalue weighted by atomic mass is 10.2. The molecule has 0 saturated carbocycles. The van der Waals surface area contributed by atoms with Gasteiger partial charge in [-0.3, -0.25) is 9.69 Å². The van der Waals surface area contributed by atoms with Crippen LogP contribution >= 0.6 is 0 Å². The summed E-state index contributed by atoms with van der Waals surface area (Å²) in [5, 5.41) is 5.13. The number of alkyl carbamates (subject to hydrolysis) is 1. The standard InChI is InChI=1S/C17H18F2N4O5/c1-8(24)20-4-10-5-23(17(26)27-10)9-2-11(18)15(12(19)3-9)22-6-13-14(7-22)28-16(25)21-13/h2-3,10,13-14H,4-7H2,1H3,(H,20,24)(H,21,25). The fourth-order valence-corrected chi connectivity index (χ4v) is 3.64. The Bertz CT molecular complexity index is 812. The van der Waals surface area contributed by atoms with Crippen LogP contribution in [-0.2, 0) is 14.3 Å². The number of carbonyl (C=O) groups is 3. The van der Waals surface area contributed by atoms with E-state index >= 15 is 0 Å². The summed E-state index contributed by atoms with van der Waals surface area (Å²) in [4.78, 5) is 36.8. The summed E-state index contributed by atoms with van der Waals surface area (Å²) in [5.41, 5.74) is -0.212. The quantitative estimate of drug-likeness (QED) is 0.778. The van der Waals surface area contributed by atoms with Crippen molar-refractivity contribution in [3.8, 4) is 0 Å². The molecule has 1 aromatic carbocycles. The van der Waals surface area contributed by atoms with Gasteiger partial charge in [-0.25, -0.2) is 18.4 Å². The highest BCUT2D eigenvalue weighted by Crippen LogP contribution is 2.34. The van der Waals surface area contributed by atoms with Crippen LogP contribution in [0.4, 0.5) is 29.7 Å². The molecule has 9 nitrogen and oxygen atoms in total. The molecule has 0 radical (unpaired) electrons. The van der Waals surface area contributed by atoms with Crippen LogP contribution in [0.3, 0.4) is 0 Å². The lowest BCUT2D eigenvalue weighted by molar-refractivity contribution is -0.119. The van der Waals surface area contributed by atoms with Gasteiger partial charge < -0.3 is 25.0 Å². The summed E-state index contributed by atoms with van der Waals surface area (Å²) in [6, 6.07) is 1.80. The third-order valence-electron chi connectivity index (χ3n) is 4.91. The number of anilines is 2. The van der Waals surface area contributed by atoms with Crippen molar-refractivity contribution in [2.45, 2.75) is 25.2 Å². The average molecular weight is 396 g/mol. The molecule has 0 aliphatic carbocycles. The van der Waals surface area contributed by atoms with Gasteiger partial charge in [-0.05, 0) is 0 Å². The topological polar surface area (TPSA) is 100 Å². The maximum Gasteiger partial charge on any atom is 0.414 e. The maximum absolute atomic E-state index is 14.7. The molecule has 1 aromatic rings. The van der Waals surface area contributed by atoms with Gasteiger partial charge >= 0.3 is 12.2 Å². The molecule has 28 heavy (non-hydrogen) atoms. The number of rotatable bonds is 4. The Balaban J connectivity index is 1.50. The first-order valence-corrected chi connectivity index (χ1v) is 8.75. The van der Waals surface area contributed by atoms with Crippen molar-refractivity contribution < 1.29 is 32.6 Å². The molecule has 3 atom stereocenters. The van der Waals surface area contributed by atoms with Crippen LogP contribution in [0.5, 0.6) is 0 Å². The lowest BCUT2D eigenvalue weighted by Gasteiger charge is -2.22. The molecule has 4 rings (SSSR count). The number of ether oxygens (including phenoxy) is 2. The highest BCUT2D eigenvalue weighted by Gasteiger charge is 2.43. The number of hydrogen-bond donors (Lipinski definition) is 2. The van der Waals surface area contributed by atoms with E-state index < -0.39 is 36.0 Å². The number of benzene rings is 1. The Labute approximate surface area is 158 Å². The zero-order valence-corrected chi connectivity index (χ0v) is 14.9. The SMILES string of the molecule is CC(=O)NCC1CN(c2cc(F)c(N3CC4NC(=O)OC4C3)c(F)c2)C(=O)O1. The Kier molecular flexibility index (Phi) is 4.44. The maximum atomic E-state index is 14.7. The highest BCUT2D eigenvalue weighted by atomic mass is 19.1. The molecular formula is C17H18F2N4O5. The van der Waals surface area contributed by atoms with Crippen molar-refractivity contribution in [1.82, 2.24) is 10.6 Å². The second kappa shape index (κ2) is 6.80. The van der Waals surface area contributed by atoms with Crippen molar-refractivity contribution in [2.24, 2.45) is 0 Å². The molecule has 0 spiro atoms. The van der Waals surface area contributed by atoms with E-state index in [1.54, 1.807) is 0 Å². The molecule has 3 saturated heterocycles. The van der Waals surface area contributed by atoms with Gasteiger partial charge in [-0.1, -0.05) is 0 Å². The Hall–Kier alpha value is -3.11. The second-order valence-electron chi connectivity index (χ2n) is 6.91. The third-order valence-corrected chi connectivity index (χ3v) is 4.91. The number of carbonyl (C=O) groups excluding carboxylic acids is 3. The molecule has 3 aliphatic heterocycles. The third kappa shape index (κ3) is 3.27. The van der Waals surface area contributed by atoms with E-state index in [1.807, 2.05) is 0 Å². The highest BCUT2D eigenvalue weighted by molar-refractivity contribution is 5.90. The van der Waals surface area contributed by atoms with Gasteiger partial charge in [0.05, 0.1) is 31.4 Å². The van der Waals surface area contributed by atoms with Crippen LogP contribution in [0, 0.1) is 11.6 Å². The number of amides is 3. The molecule has 3 aliphatic rings. The zero-order valence-electron chi connectivity index (χ0n) is 14.9. The molecule has 150 valence electrons. The predicted molar refractivity (Wildman–Crippen MR) is 92.1 cm³/mol. The van der Waals surface area contributed by atoms with Gasteiger partial charge in [0.2, 0.25) is 5.91 Å². The molecule has 11 heteroatoms. The summed E-state index contributed by atoms with van der Waals surface area (Å²) in [6.07, 6.45) is -2.35. The molecule has 3 amide bonds. The molecular weight excluding hydrogens is 378 g/mol. The smallest absolute Gasteiger partial charge is 0.414 e. The molecule has 3 unspecified atom stereocenters. The first-order chi connectivity index (χ1) is 13.3. The van der Waals surface area contributed by atoms with E-state index in [2.05, 4.69) is 10.6 Å². The Morgan fingerprint density at radius 2 is 1.93 bits per heavy atom. The minimum Gasteiger partial charge on any atom is -0.442 e. The van der Waals surface area contributed by atoms with E-state index in [-0.39, 0.29) is 49.5 Å². The predicted octanol–water partition coefficient (Wildman–Crippen LogP) is 0.723. The van der Waals surface area contributed by atoms with Crippen LogP contribution < -0.4 is 20.4 Å². The average Bonchev–Trinajstić information content (AvgIpc) is 3.25. The summed E-state index contributed by atoms with van der Waals surface area (Å²) < 4.78 is 39.6. The summed E-state index contributed by atoms with van der Waals surface area (Å²) in [7, 11) is 0. The second-order valence-corrected chi connectivity index (χ2v) is 6.91. The van der Waals surface area contributed by atoms with Crippen molar-refractivity contribution >= 4 is 29.5 Å². The monoisotopic (exact) mass is 396 g/mol. The van der Waals surface area contributed by atoms with Gasteiger partial charge in [0, 0.05) is 25.6 Å². The van der Waals surface area contributed by atoms with Crippen LogP contribution in [0.25, 0.3) is 0 Å². The normalized spacial score (nSPS) is 26.0. The Morgan fingerprint density at radius 3 is 2.57 bits per heavy atom. The van der Waals surface area contributed by atoms with E-state index in [0.717, 1.165) is 17.0 Å². The van der Waals surface area contributed by atoms with Crippen molar-refractivity contribution in [2.75, 3.05) is 36.0 Å². The molecule has 0 bridgehead atoms. The van der Waals surface area contributed by atoms with Crippen LogP contribution in [0.1, 0.15) is 6.92 Å². The minimum absolute atomic E-state index is 0.0259. The fraction of sp³-hybridized carbons (Fsp3) is 0.471. The van der Waals surface area contributed by atoms with Gasteiger partial charge in [0.15, 0.2) is 11.6 Å². The minimum atomic E-state index is -0.834. The van der Waals surface area contributed by atoms with Crippen LogP contribution in [0.15, 0.2) is 12.1 Å². The van der Waals surface area contributed by atoms with Gasteiger partial charge in [-0.15, -0.1) is 0 Å². The fourth-order valence-electron chi connectivity index (χ4n) is 3.64. The number of fused-ring (bicyclic) bond motifs is 1. The van der Waals surface area contributed by atoms with Crippen LogP contribution in [0.2, 0.25) is 0 Å². The van der Waals surface area contributed by atoms with E-state index in [9.17, 15) is 23.2 Å². The van der Waals surface area contributed by atoms with Crippen molar-refractivity contribution in [3.05, 3.63) is 23.8 Å². The molecule has 3 fully saturated rings. The van der Waals surface area contributed by atoms with Gasteiger partial charge in [-0.2, -0.15) is 0 Å². The van der Waals surface area contributed by atoms with Crippen molar-refractivity contribution in [3.63, 3.8) is 0 Å². The summed E-state index contributed by atoms with van der Waals surface area (Å²) >= 11 is 0. The van der Waals surface area contributed by atoms with Gasteiger partial charge in [0.1, 0.15) is 17.9 Å². The molecule has 3 heterocycles. The zero-order chi connectivity index (χ0) is 20.0. The van der Waals surface area contributed by atoms with Gasteiger partial charge in [0.25, 0.3) is 0 Å². The lowest BCUT2D eigenvalue weighted by Crippen LogP contribution is -2.33. The Morgan fingerprint density at radius 1 is 1.21 bits per heavy atom. The van der Waals surface area contributed by atoms with Crippen LogP contribution in [-0.4, -0.2) is 62.5 Å². The van der Waals surface area contributed by atoms with Crippen molar-refractivity contribution in [1.29, 1.82) is 0 Å². The number of cyclic esters (lactones) is 1. The number of halogens is 2. The largest absolute Gasteiger partial charge is 0.442 e. The molecule has 0 aromatic heterocycles. The van der Waals surface area contributed by atoms with E-state index in [1.165, 1.54) is 11.8 Å². The molecule has 2 N–H and O–H groups in total. The number of hydrogen-bond acceptors (Lipinski definition) is 6. The van der Waals surface area contributed by atoms with E-state index in [0.29, 0.717) is 0 Å². The summed E-state index contributed by atoms with van der Waals surface area (Å²) in [5.74, 6) is -1.94. The first-order valence-electron chi connectivity index (χ1n) is 8.75. The van der Waals surface area contributed by atoms with E-state index in [4.69, 9.17) is 9.47 Å². The number of nitrogens with zero attached hydrogens (tertiary/aromatic N) is 2. The number of nitrogens with one attached hydrogen (secondary N) is 2. The summed E-state index contributed by atoms with van der Waals surface area (Å²) in [6.45, 7) is 1.89.